The molecule has 1 rings (SSSR count). The summed E-state index contributed by atoms with van der Waals surface area (Å²) in [5.74, 6) is 0.459. The average molecular weight is 229 g/mol. The molecule has 0 aliphatic heterocycles. The molecule has 0 spiro atoms. The van der Waals surface area contributed by atoms with E-state index in [1.165, 1.54) is 18.2 Å². The van der Waals surface area contributed by atoms with Crippen molar-refractivity contribution in [3.05, 3.63) is 33.3 Å². The summed E-state index contributed by atoms with van der Waals surface area (Å²) in [5, 5.41) is 14.1. The number of anilines is 1. The van der Waals surface area contributed by atoms with Crippen LogP contribution in [0.3, 0.4) is 0 Å². The first kappa shape index (κ1) is 11.8. The summed E-state index contributed by atoms with van der Waals surface area (Å²) in [5.41, 5.74) is 0.658. The van der Waals surface area contributed by atoms with Crippen molar-refractivity contribution < 1.29 is 4.92 Å². The normalized spacial score (nSPS) is 10.4. The van der Waals surface area contributed by atoms with Crippen LogP contribution in [0.1, 0.15) is 13.8 Å². The summed E-state index contributed by atoms with van der Waals surface area (Å²) in [4.78, 5) is 10.1. The third-order valence-electron chi connectivity index (χ3n) is 1.86. The number of halogens is 1. The molecule has 0 amide bonds. The van der Waals surface area contributed by atoms with Crippen LogP contribution in [0, 0.1) is 16.0 Å². The van der Waals surface area contributed by atoms with Gasteiger partial charge in [0.2, 0.25) is 0 Å². The van der Waals surface area contributed by atoms with Gasteiger partial charge in [-0.05, 0) is 12.0 Å². The van der Waals surface area contributed by atoms with Crippen molar-refractivity contribution in [2.24, 2.45) is 5.92 Å². The highest BCUT2D eigenvalue weighted by Gasteiger charge is 2.09. The molecule has 0 saturated carbocycles. The minimum Gasteiger partial charge on any atom is -0.383 e. The lowest BCUT2D eigenvalue weighted by Gasteiger charge is -2.10. The maximum atomic E-state index is 10.5. The van der Waals surface area contributed by atoms with Gasteiger partial charge in [0.1, 0.15) is 0 Å². The molecule has 0 saturated heterocycles. The Hall–Kier alpha value is -1.29. The number of rotatable bonds is 4. The number of hydrogen-bond acceptors (Lipinski definition) is 3. The molecule has 4 nitrogen and oxygen atoms in total. The van der Waals surface area contributed by atoms with E-state index < -0.39 is 4.92 Å². The summed E-state index contributed by atoms with van der Waals surface area (Å²) < 4.78 is 0. The standard InChI is InChI=1S/C10H13ClN2O2/c1-7(2)6-12-10-5-8(13(14)15)3-4-9(10)11/h3-5,7,12H,6H2,1-2H3. The van der Waals surface area contributed by atoms with Crippen LogP contribution in [0.5, 0.6) is 0 Å². The maximum Gasteiger partial charge on any atom is 0.271 e. The second-order valence-electron chi connectivity index (χ2n) is 3.70. The molecule has 0 unspecified atom stereocenters. The van der Waals surface area contributed by atoms with Gasteiger partial charge in [-0.1, -0.05) is 25.4 Å². The minimum absolute atomic E-state index is 0.0469. The fourth-order valence-electron chi connectivity index (χ4n) is 1.08. The Kier molecular flexibility index (Phi) is 3.91. The van der Waals surface area contributed by atoms with Crippen LogP contribution in [0.25, 0.3) is 0 Å². The Morgan fingerprint density at radius 1 is 1.53 bits per heavy atom. The van der Waals surface area contributed by atoms with E-state index in [0.29, 0.717) is 16.6 Å². The van der Waals surface area contributed by atoms with Gasteiger partial charge in [-0.2, -0.15) is 0 Å². The highest BCUT2D eigenvalue weighted by molar-refractivity contribution is 6.33. The number of nitro benzene ring substituents is 1. The average Bonchev–Trinajstić information content (AvgIpc) is 2.16. The Balaban J connectivity index is 2.85. The topological polar surface area (TPSA) is 55.2 Å². The quantitative estimate of drug-likeness (QED) is 0.635. The van der Waals surface area contributed by atoms with Crippen LogP contribution < -0.4 is 5.32 Å². The molecule has 1 N–H and O–H groups in total. The van der Waals surface area contributed by atoms with Gasteiger partial charge >= 0.3 is 0 Å². The van der Waals surface area contributed by atoms with Crippen LogP contribution in [0.15, 0.2) is 18.2 Å². The second-order valence-corrected chi connectivity index (χ2v) is 4.10. The van der Waals surface area contributed by atoms with Gasteiger partial charge in [-0.3, -0.25) is 10.1 Å². The molecule has 1 aromatic carbocycles. The Morgan fingerprint density at radius 2 is 2.20 bits per heavy atom. The van der Waals surface area contributed by atoms with Crippen LogP contribution >= 0.6 is 11.6 Å². The molecule has 5 heteroatoms. The number of nitrogens with one attached hydrogen (secondary N) is 1. The van der Waals surface area contributed by atoms with Gasteiger partial charge in [0.15, 0.2) is 0 Å². The van der Waals surface area contributed by atoms with Crippen molar-refractivity contribution >= 4 is 23.0 Å². The van der Waals surface area contributed by atoms with Gasteiger partial charge in [-0.15, -0.1) is 0 Å². The molecule has 15 heavy (non-hydrogen) atoms. The highest BCUT2D eigenvalue weighted by atomic mass is 35.5. The number of benzene rings is 1. The van der Waals surface area contributed by atoms with Gasteiger partial charge in [0.05, 0.1) is 15.6 Å². The minimum atomic E-state index is -0.434. The molecule has 0 fully saturated rings. The van der Waals surface area contributed by atoms with E-state index in [4.69, 9.17) is 11.6 Å². The third-order valence-corrected chi connectivity index (χ3v) is 2.19. The molecule has 0 atom stereocenters. The first-order chi connectivity index (χ1) is 7.00. The van der Waals surface area contributed by atoms with Crippen LogP contribution in [-0.2, 0) is 0 Å². The van der Waals surface area contributed by atoms with Gasteiger partial charge in [0.25, 0.3) is 5.69 Å². The zero-order chi connectivity index (χ0) is 11.4. The summed E-state index contributed by atoms with van der Waals surface area (Å²) in [7, 11) is 0. The van der Waals surface area contributed by atoms with Gasteiger partial charge in [-0.25, -0.2) is 0 Å². The van der Waals surface area contributed by atoms with E-state index in [9.17, 15) is 10.1 Å². The predicted octanol–water partition coefficient (Wildman–Crippen LogP) is 3.32. The highest BCUT2D eigenvalue weighted by Crippen LogP contribution is 2.26. The van der Waals surface area contributed by atoms with E-state index in [1.807, 2.05) is 0 Å². The predicted molar refractivity (Wildman–Crippen MR) is 61.4 cm³/mol. The second kappa shape index (κ2) is 4.98. The van der Waals surface area contributed by atoms with Gasteiger partial charge in [0, 0.05) is 18.7 Å². The maximum absolute atomic E-state index is 10.5. The molecular formula is C10H13ClN2O2. The Labute approximate surface area is 93.4 Å². The molecule has 0 radical (unpaired) electrons. The summed E-state index contributed by atoms with van der Waals surface area (Å²) in [6.45, 7) is 4.84. The van der Waals surface area contributed by atoms with Crippen molar-refractivity contribution in [2.75, 3.05) is 11.9 Å². The first-order valence-electron chi connectivity index (χ1n) is 4.68. The Morgan fingerprint density at radius 3 is 2.73 bits per heavy atom. The zero-order valence-electron chi connectivity index (χ0n) is 8.66. The van der Waals surface area contributed by atoms with E-state index in [0.717, 1.165) is 6.54 Å². The molecule has 0 aromatic heterocycles. The lowest BCUT2D eigenvalue weighted by molar-refractivity contribution is -0.384. The fraction of sp³-hybridized carbons (Fsp3) is 0.400. The van der Waals surface area contributed by atoms with Crippen molar-refractivity contribution in [2.45, 2.75) is 13.8 Å². The summed E-state index contributed by atoms with van der Waals surface area (Å²) >= 11 is 5.90. The molecule has 0 heterocycles. The molecule has 0 aliphatic carbocycles. The van der Waals surface area contributed by atoms with Crippen LogP contribution in [0.4, 0.5) is 11.4 Å². The Bertz CT molecular complexity index is 366. The summed E-state index contributed by atoms with van der Waals surface area (Å²) in [6.07, 6.45) is 0. The van der Waals surface area contributed by atoms with Crippen molar-refractivity contribution in [3.8, 4) is 0 Å². The zero-order valence-corrected chi connectivity index (χ0v) is 9.41. The smallest absolute Gasteiger partial charge is 0.271 e. The van der Waals surface area contributed by atoms with Crippen LogP contribution in [0.2, 0.25) is 5.02 Å². The monoisotopic (exact) mass is 228 g/mol. The third kappa shape index (κ3) is 3.40. The van der Waals surface area contributed by atoms with Crippen molar-refractivity contribution in [1.29, 1.82) is 0 Å². The van der Waals surface area contributed by atoms with Crippen LogP contribution in [-0.4, -0.2) is 11.5 Å². The van der Waals surface area contributed by atoms with Crippen molar-refractivity contribution in [3.63, 3.8) is 0 Å². The summed E-state index contributed by atoms with van der Waals surface area (Å²) in [6, 6.07) is 4.37. The van der Waals surface area contributed by atoms with E-state index in [1.54, 1.807) is 0 Å². The van der Waals surface area contributed by atoms with Crippen molar-refractivity contribution in [1.82, 2.24) is 0 Å². The van der Waals surface area contributed by atoms with E-state index >= 15 is 0 Å². The molecule has 82 valence electrons. The lowest BCUT2D eigenvalue weighted by Crippen LogP contribution is -2.08. The van der Waals surface area contributed by atoms with E-state index in [2.05, 4.69) is 19.2 Å². The molecule has 0 aliphatic rings. The largest absolute Gasteiger partial charge is 0.383 e. The number of nitrogens with zero attached hydrogens (tertiary/aromatic N) is 1. The molecule has 1 aromatic rings. The lowest BCUT2D eigenvalue weighted by atomic mass is 10.2. The fourth-order valence-corrected chi connectivity index (χ4v) is 1.26. The first-order valence-corrected chi connectivity index (χ1v) is 5.06. The number of nitro groups is 1. The molecule has 0 bridgehead atoms. The number of non-ortho nitro benzene ring substituents is 1. The van der Waals surface area contributed by atoms with E-state index in [-0.39, 0.29) is 5.69 Å². The molecular weight excluding hydrogens is 216 g/mol. The SMILES string of the molecule is CC(C)CNc1cc([N+](=O)[O-])ccc1Cl. The number of hydrogen-bond donors (Lipinski definition) is 1. The van der Waals surface area contributed by atoms with Gasteiger partial charge < -0.3 is 5.32 Å².